The maximum absolute atomic E-state index is 13.0. The van der Waals surface area contributed by atoms with Crippen LogP contribution in [-0.4, -0.2) is 14.4 Å². The zero-order valence-electron chi connectivity index (χ0n) is 14.0. The van der Waals surface area contributed by atoms with E-state index in [1.807, 2.05) is 6.07 Å². The fourth-order valence-electron chi connectivity index (χ4n) is 2.30. The molecule has 3 aromatic carbocycles. The Morgan fingerprint density at radius 1 is 0.741 bits per heavy atom. The summed E-state index contributed by atoms with van der Waals surface area (Å²) in [7, 11) is -3.94. The molecule has 8 heteroatoms. The predicted octanol–water partition coefficient (Wildman–Crippen LogP) is 4.27. The Bertz CT molecular complexity index is 1040. The van der Waals surface area contributed by atoms with Crippen molar-refractivity contribution in [2.45, 2.75) is 4.90 Å². The summed E-state index contributed by atoms with van der Waals surface area (Å²) in [5.74, 6) is -0.534. The first-order chi connectivity index (χ1) is 12.9. The van der Waals surface area contributed by atoms with E-state index in [0.717, 1.165) is 24.3 Å². The summed E-state index contributed by atoms with van der Waals surface area (Å²) in [5, 5.41) is 5.25. The molecular weight excluding hydrogens is 369 g/mol. The summed E-state index contributed by atoms with van der Waals surface area (Å²) >= 11 is 0. The van der Waals surface area contributed by atoms with Gasteiger partial charge in [-0.1, -0.05) is 30.3 Å². The van der Waals surface area contributed by atoms with Gasteiger partial charge in [-0.3, -0.25) is 4.72 Å². The second kappa shape index (κ2) is 7.88. The smallest absolute Gasteiger partial charge is 0.308 e. The molecule has 0 atom stereocenters. The topological polar surface area (TPSA) is 87.3 Å². The van der Waals surface area contributed by atoms with Crippen LogP contribution in [0.2, 0.25) is 0 Å². The van der Waals surface area contributed by atoms with Crippen LogP contribution in [0.1, 0.15) is 0 Å². The van der Waals surface area contributed by atoms with Crippen LogP contribution in [0, 0.1) is 5.82 Å². The van der Waals surface area contributed by atoms with E-state index in [1.54, 1.807) is 42.5 Å². The van der Waals surface area contributed by atoms with Gasteiger partial charge in [0.2, 0.25) is 0 Å². The van der Waals surface area contributed by atoms with Crippen molar-refractivity contribution in [1.29, 1.82) is 0 Å². The Hall–Kier alpha value is -3.39. The average Bonchev–Trinajstić information content (AvgIpc) is 2.64. The first-order valence-corrected chi connectivity index (χ1v) is 9.43. The molecule has 2 amide bonds. The molecule has 0 bridgehead atoms. The molecule has 3 aromatic rings. The summed E-state index contributed by atoms with van der Waals surface area (Å²) in [4.78, 5) is 12.1. The van der Waals surface area contributed by atoms with Gasteiger partial charge >= 0.3 is 6.03 Å². The molecule has 138 valence electrons. The highest BCUT2D eigenvalue weighted by molar-refractivity contribution is 7.92. The summed E-state index contributed by atoms with van der Waals surface area (Å²) in [6.07, 6.45) is 0. The number of rotatable bonds is 5. The maximum Gasteiger partial charge on any atom is 0.323 e. The molecule has 0 aliphatic heterocycles. The Kier molecular flexibility index (Phi) is 5.37. The summed E-state index contributed by atoms with van der Waals surface area (Å²) < 4.78 is 40.4. The van der Waals surface area contributed by atoms with E-state index in [4.69, 9.17) is 0 Å². The highest BCUT2D eigenvalue weighted by Crippen LogP contribution is 2.24. The molecule has 0 heterocycles. The van der Waals surface area contributed by atoms with Crippen molar-refractivity contribution in [2.24, 2.45) is 0 Å². The lowest BCUT2D eigenvalue weighted by Crippen LogP contribution is -2.21. The average molecular weight is 385 g/mol. The maximum atomic E-state index is 13.0. The van der Waals surface area contributed by atoms with Crippen LogP contribution < -0.4 is 15.4 Å². The number of benzene rings is 3. The predicted molar refractivity (Wildman–Crippen MR) is 103 cm³/mol. The van der Waals surface area contributed by atoms with Gasteiger partial charge < -0.3 is 10.6 Å². The molecule has 0 unspecified atom stereocenters. The highest BCUT2D eigenvalue weighted by Gasteiger charge is 2.16. The van der Waals surface area contributed by atoms with Gasteiger partial charge in [0.25, 0.3) is 10.0 Å². The number of anilines is 3. The van der Waals surface area contributed by atoms with Crippen molar-refractivity contribution < 1.29 is 17.6 Å². The molecule has 0 spiro atoms. The van der Waals surface area contributed by atoms with Crippen molar-refractivity contribution in [3.8, 4) is 0 Å². The number of hydrogen-bond acceptors (Lipinski definition) is 3. The number of urea groups is 1. The second-order valence-corrected chi connectivity index (χ2v) is 7.23. The zero-order valence-corrected chi connectivity index (χ0v) is 14.8. The highest BCUT2D eigenvalue weighted by atomic mass is 32.2. The number of carbonyl (C=O) groups excluding carboxylic acids is 1. The number of amides is 2. The van der Waals surface area contributed by atoms with Crippen LogP contribution in [0.5, 0.6) is 0 Å². The van der Waals surface area contributed by atoms with Gasteiger partial charge in [0.15, 0.2) is 0 Å². The monoisotopic (exact) mass is 385 g/mol. The van der Waals surface area contributed by atoms with Crippen molar-refractivity contribution >= 4 is 33.1 Å². The number of hydrogen-bond donors (Lipinski definition) is 3. The van der Waals surface area contributed by atoms with Gasteiger partial charge in [-0.2, -0.15) is 0 Å². The van der Waals surface area contributed by atoms with Gasteiger partial charge in [0.05, 0.1) is 16.3 Å². The lowest BCUT2D eigenvalue weighted by molar-refractivity contribution is 0.262. The van der Waals surface area contributed by atoms with E-state index in [-0.39, 0.29) is 16.3 Å². The lowest BCUT2D eigenvalue weighted by atomic mass is 10.3. The van der Waals surface area contributed by atoms with Crippen LogP contribution >= 0.6 is 0 Å². The Labute approximate surface area is 156 Å². The van der Waals surface area contributed by atoms with Crippen molar-refractivity contribution in [3.63, 3.8) is 0 Å². The molecule has 0 radical (unpaired) electrons. The number of para-hydroxylation sites is 3. The Morgan fingerprint density at radius 2 is 1.33 bits per heavy atom. The van der Waals surface area contributed by atoms with Crippen LogP contribution in [0.4, 0.5) is 26.2 Å². The van der Waals surface area contributed by atoms with Crippen LogP contribution in [0.15, 0.2) is 83.8 Å². The molecular formula is C19H16FN3O3S. The molecule has 0 saturated heterocycles. The van der Waals surface area contributed by atoms with E-state index in [2.05, 4.69) is 15.4 Å². The number of carbonyl (C=O) groups is 1. The van der Waals surface area contributed by atoms with Crippen LogP contribution in [0.3, 0.4) is 0 Å². The fraction of sp³-hybridized carbons (Fsp3) is 0. The molecule has 0 saturated carbocycles. The molecule has 3 N–H and O–H groups in total. The van der Waals surface area contributed by atoms with E-state index in [1.165, 1.54) is 6.07 Å². The Balaban J connectivity index is 1.77. The molecule has 0 fully saturated rings. The first kappa shape index (κ1) is 18.4. The van der Waals surface area contributed by atoms with Gasteiger partial charge in [-0.25, -0.2) is 17.6 Å². The third-order valence-electron chi connectivity index (χ3n) is 3.58. The van der Waals surface area contributed by atoms with E-state index < -0.39 is 21.9 Å². The van der Waals surface area contributed by atoms with Crippen molar-refractivity contribution in [2.75, 3.05) is 15.4 Å². The molecule has 3 rings (SSSR count). The van der Waals surface area contributed by atoms with Crippen LogP contribution in [-0.2, 0) is 10.0 Å². The number of nitrogens with one attached hydrogen (secondary N) is 3. The normalized spacial score (nSPS) is 10.9. The molecule has 27 heavy (non-hydrogen) atoms. The van der Waals surface area contributed by atoms with Crippen LogP contribution in [0.25, 0.3) is 0 Å². The SMILES string of the molecule is O=C(Nc1ccccc1)Nc1ccccc1NS(=O)(=O)c1ccc(F)cc1. The van der Waals surface area contributed by atoms with Crippen molar-refractivity contribution in [1.82, 2.24) is 0 Å². The lowest BCUT2D eigenvalue weighted by Gasteiger charge is -2.14. The van der Waals surface area contributed by atoms with E-state index >= 15 is 0 Å². The molecule has 0 aliphatic rings. The van der Waals surface area contributed by atoms with Crippen molar-refractivity contribution in [3.05, 3.63) is 84.7 Å². The molecule has 0 aliphatic carbocycles. The van der Waals surface area contributed by atoms with E-state index in [0.29, 0.717) is 5.69 Å². The Morgan fingerprint density at radius 3 is 2.00 bits per heavy atom. The fourth-order valence-corrected chi connectivity index (χ4v) is 3.38. The molecule has 0 aromatic heterocycles. The number of halogens is 1. The standard InChI is InChI=1S/C19H16FN3O3S/c20-14-10-12-16(13-11-14)27(25,26)23-18-9-5-4-8-17(18)22-19(24)21-15-6-2-1-3-7-15/h1-13,23H,(H2,21,22,24). The molecule has 6 nitrogen and oxygen atoms in total. The van der Waals surface area contributed by atoms with Gasteiger partial charge in [0.1, 0.15) is 5.82 Å². The van der Waals surface area contributed by atoms with Gasteiger partial charge in [-0.05, 0) is 48.5 Å². The van der Waals surface area contributed by atoms with Gasteiger partial charge in [-0.15, -0.1) is 0 Å². The zero-order chi connectivity index (χ0) is 19.3. The summed E-state index contributed by atoms with van der Waals surface area (Å²) in [6.45, 7) is 0. The minimum atomic E-state index is -3.94. The summed E-state index contributed by atoms with van der Waals surface area (Å²) in [6, 6.07) is 19.1. The quantitative estimate of drug-likeness (QED) is 0.613. The van der Waals surface area contributed by atoms with E-state index in [9.17, 15) is 17.6 Å². The number of sulfonamides is 1. The largest absolute Gasteiger partial charge is 0.323 e. The second-order valence-electron chi connectivity index (χ2n) is 5.55. The third-order valence-corrected chi connectivity index (χ3v) is 4.96. The third kappa shape index (κ3) is 4.83. The van der Waals surface area contributed by atoms with Gasteiger partial charge in [0, 0.05) is 5.69 Å². The first-order valence-electron chi connectivity index (χ1n) is 7.94. The minimum Gasteiger partial charge on any atom is -0.308 e. The minimum absolute atomic E-state index is 0.0903. The summed E-state index contributed by atoms with van der Waals surface area (Å²) in [5.41, 5.74) is 1.06.